The number of nitrogens with zero attached hydrogens (tertiary/aromatic N) is 2. The molecule has 0 atom stereocenters. The van der Waals surface area contributed by atoms with Gasteiger partial charge in [0.2, 0.25) is 5.91 Å². The van der Waals surface area contributed by atoms with E-state index in [2.05, 4.69) is 26.0 Å². The SMILES string of the molecule is CC(=O)Nc1ccc(S(=O)(=O)NC2=NC/C(=C\CN3CCCC3)S2)cc1.Cl. The smallest absolute Gasteiger partial charge is 0.263 e. The molecule has 0 unspecified atom stereocenters. The van der Waals surface area contributed by atoms with Crippen LogP contribution in [0.15, 0.2) is 45.1 Å². The first-order chi connectivity index (χ1) is 12.4. The Labute approximate surface area is 170 Å². The Morgan fingerprint density at radius 3 is 2.56 bits per heavy atom. The van der Waals surface area contributed by atoms with Gasteiger partial charge in [-0.25, -0.2) is 8.42 Å². The van der Waals surface area contributed by atoms with Gasteiger partial charge in [-0.3, -0.25) is 19.4 Å². The summed E-state index contributed by atoms with van der Waals surface area (Å²) in [7, 11) is -3.69. The number of benzene rings is 1. The van der Waals surface area contributed by atoms with Crippen LogP contribution in [-0.2, 0) is 14.8 Å². The highest BCUT2D eigenvalue weighted by atomic mass is 35.5. The van der Waals surface area contributed by atoms with Gasteiger partial charge >= 0.3 is 0 Å². The minimum Gasteiger partial charge on any atom is -0.326 e. The number of carbonyl (C=O) groups is 1. The maximum absolute atomic E-state index is 12.5. The molecule has 1 aromatic rings. The van der Waals surface area contributed by atoms with Gasteiger partial charge in [0.05, 0.1) is 11.4 Å². The molecule has 1 amide bonds. The fourth-order valence-electron chi connectivity index (χ4n) is 2.79. The lowest BCUT2D eigenvalue weighted by Crippen LogP contribution is -2.27. The van der Waals surface area contributed by atoms with Crippen molar-refractivity contribution < 1.29 is 13.2 Å². The Morgan fingerprint density at radius 1 is 1.26 bits per heavy atom. The molecule has 0 saturated carbocycles. The first kappa shape index (κ1) is 21.7. The molecule has 3 rings (SSSR count). The second kappa shape index (κ2) is 9.59. The van der Waals surface area contributed by atoms with Crippen molar-refractivity contribution in [3.8, 4) is 0 Å². The van der Waals surface area contributed by atoms with Crippen LogP contribution in [0, 0.1) is 0 Å². The average Bonchev–Trinajstić information content (AvgIpc) is 3.24. The number of carbonyl (C=O) groups excluding carboxylic acids is 1. The van der Waals surface area contributed by atoms with Crippen LogP contribution < -0.4 is 10.0 Å². The van der Waals surface area contributed by atoms with Crippen LogP contribution in [0.3, 0.4) is 0 Å². The van der Waals surface area contributed by atoms with E-state index in [4.69, 9.17) is 0 Å². The van der Waals surface area contributed by atoms with Crippen molar-refractivity contribution in [2.24, 2.45) is 4.99 Å². The number of nitrogens with one attached hydrogen (secondary N) is 2. The summed E-state index contributed by atoms with van der Waals surface area (Å²) in [5.41, 5.74) is 0.552. The molecular weight excluding hydrogens is 408 g/mol. The van der Waals surface area contributed by atoms with Crippen LogP contribution in [0.5, 0.6) is 0 Å². The Bertz CT molecular complexity index is 832. The summed E-state index contributed by atoms with van der Waals surface area (Å²) in [4.78, 5) is 18.9. The molecule has 10 heteroatoms. The third-order valence-corrected chi connectivity index (χ3v) is 6.56. The van der Waals surface area contributed by atoms with Crippen molar-refractivity contribution >= 4 is 51.0 Å². The number of hydrogen-bond acceptors (Lipinski definition) is 6. The van der Waals surface area contributed by atoms with Gasteiger partial charge in [0.1, 0.15) is 0 Å². The second-order valence-electron chi connectivity index (χ2n) is 6.21. The number of halogens is 1. The largest absolute Gasteiger partial charge is 0.326 e. The van der Waals surface area contributed by atoms with Crippen LogP contribution >= 0.6 is 24.2 Å². The van der Waals surface area contributed by atoms with E-state index in [0.717, 1.165) is 24.5 Å². The highest BCUT2D eigenvalue weighted by molar-refractivity contribution is 8.18. The molecular formula is C17H23ClN4O3S2. The predicted molar refractivity (Wildman–Crippen MR) is 112 cm³/mol. The topological polar surface area (TPSA) is 90.9 Å². The first-order valence-electron chi connectivity index (χ1n) is 8.46. The number of likely N-dealkylation sites (tertiary alicyclic amines) is 1. The van der Waals surface area contributed by atoms with Gasteiger partial charge in [-0.05, 0) is 50.2 Å². The summed E-state index contributed by atoms with van der Waals surface area (Å²) in [6.45, 7) is 5.06. The van der Waals surface area contributed by atoms with Crippen molar-refractivity contribution in [3.05, 3.63) is 35.2 Å². The maximum atomic E-state index is 12.5. The minimum atomic E-state index is -3.69. The maximum Gasteiger partial charge on any atom is 0.263 e. The van der Waals surface area contributed by atoms with Gasteiger partial charge in [-0.2, -0.15) is 0 Å². The molecule has 0 aliphatic carbocycles. The molecule has 0 radical (unpaired) electrons. The molecule has 2 N–H and O–H groups in total. The van der Waals surface area contributed by atoms with Gasteiger partial charge < -0.3 is 5.32 Å². The fourth-order valence-corrected chi connectivity index (χ4v) is 4.86. The molecule has 2 aliphatic heterocycles. The summed E-state index contributed by atoms with van der Waals surface area (Å²) in [5, 5.41) is 3.00. The highest BCUT2D eigenvalue weighted by Crippen LogP contribution is 2.25. The fraction of sp³-hybridized carbons (Fsp3) is 0.412. The summed E-state index contributed by atoms with van der Waals surface area (Å²) in [6, 6.07) is 6.03. The zero-order valence-corrected chi connectivity index (χ0v) is 17.4. The zero-order valence-electron chi connectivity index (χ0n) is 15.0. The van der Waals surface area contributed by atoms with Crippen LogP contribution in [0.2, 0.25) is 0 Å². The van der Waals surface area contributed by atoms with Crippen molar-refractivity contribution in [1.82, 2.24) is 9.62 Å². The Morgan fingerprint density at radius 2 is 1.93 bits per heavy atom. The summed E-state index contributed by atoms with van der Waals surface area (Å²) in [5.74, 6) is -0.205. The van der Waals surface area contributed by atoms with E-state index in [-0.39, 0.29) is 23.2 Å². The number of amidine groups is 1. The zero-order chi connectivity index (χ0) is 18.6. The van der Waals surface area contributed by atoms with Crippen LogP contribution in [-0.4, -0.2) is 50.6 Å². The van der Waals surface area contributed by atoms with E-state index in [1.54, 1.807) is 12.1 Å². The number of hydrogen-bond donors (Lipinski definition) is 2. The van der Waals surface area contributed by atoms with E-state index in [1.807, 2.05) is 0 Å². The molecule has 0 aromatic heterocycles. The first-order valence-corrected chi connectivity index (χ1v) is 10.8. The summed E-state index contributed by atoms with van der Waals surface area (Å²) in [6.07, 6.45) is 4.63. The molecule has 0 bridgehead atoms. The number of anilines is 1. The number of sulfonamides is 1. The van der Waals surface area contributed by atoms with E-state index in [0.29, 0.717) is 17.4 Å². The number of rotatable bonds is 5. The average molecular weight is 431 g/mol. The van der Waals surface area contributed by atoms with E-state index in [1.165, 1.54) is 43.7 Å². The van der Waals surface area contributed by atoms with Crippen molar-refractivity contribution in [3.63, 3.8) is 0 Å². The van der Waals surface area contributed by atoms with E-state index < -0.39 is 10.0 Å². The molecule has 1 fully saturated rings. The second-order valence-corrected chi connectivity index (χ2v) is 9.01. The van der Waals surface area contributed by atoms with E-state index >= 15 is 0 Å². The van der Waals surface area contributed by atoms with Gasteiger partial charge in [0.15, 0.2) is 5.17 Å². The van der Waals surface area contributed by atoms with Crippen molar-refractivity contribution in [2.75, 3.05) is 31.5 Å². The van der Waals surface area contributed by atoms with Gasteiger partial charge in [-0.1, -0.05) is 17.8 Å². The molecule has 1 aromatic carbocycles. The molecule has 2 heterocycles. The van der Waals surface area contributed by atoms with E-state index in [9.17, 15) is 13.2 Å². The third-order valence-electron chi connectivity index (χ3n) is 4.09. The Kier molecular flexibility index (Phi) is 7.72. The lowest BCUT2D eigenvalue weighted by atomic mass is 10.3. The lowest BCUT2D eigenvalue weighted by Gasteiger charge is -2.11. The van der Waals surface area contributed by atoms with Crippen molar-refractivity contribution in [1.29, 1.82) is 0 Å². The standard InChI is InChI=1S/C17H22N4O3S2.ClH/c1-13(22)19-14-4-6-16(7-5-14)26(23,24)20-17-18-12-15(25-17)8-11-21-9-2-3-10-21;/h4-8H,2-3,9-12H2,1H3,(H,18,20)(H,19,22);1H/b15-8+;. The Balaban J connectivity index is 0.00000261. The van der Waals surface area contributed by atoms with Gasteiger partial charge in [-0.15, -0.1) is 12.4 Å². The van der Waals surface area contributed by atoms with Gasteiger partial charge in [0.25, 0.3) is 10.0 Å². The molecule has 0 spiro atoms. The minimum absolute atomic E-state index is 0. The monoisotopic (exact) mass is 430 g/mol. The normalized spacial score (nSPS) is 18.9. The van der Waals surface area contributed by atoms with Crippen molar-refractivity contribution in [2.45, 2.75) is 24.7 Å². The van der Waals surface area contributed by atoms with Gasteiger partial charge in [0, 0.05) is 24.1 Å². The molecule has 2 aliphatic rings. The summed E-state index contributed by atoms with van der Waals surface area (Å²) < 4.78 is 27.5. The molecule has 7 nitrogen and oxygen atoms in total. The quantitative estimate of drug-likeness (QED) is 0.748. The third kappa shape index (κ3) is 6.24. The predicted octanol–water partition coefficient (Wildman–Crippen LogP) is 2.43. The number of thioether (sulfide) groups is 1. The summed E-state index contributed by atoms with van der Waals surface area (Å²) >= 11 is 1.36. The molecule has 1 saturated heterocycles. The van der Waals surface area contributed by atoms with Crippen LogP contribution in [0.25, 0.3) is 0 Å². The molecule has 148 valence electrons. The Hall–Kier alpha value is -1.55. The number of aliphatic imine (C=N–C) groups is 1. The van der Waals surface area contributed by atoms with Crippen LogP contribution in [0.1, 0.15) is 19.8 Å². The number of amides is 1. The van der Waals surface area contributed by atoms with Crippen LogP contribution in [0.4, 0.5) is 5.69 Å². The molecule has 27 heavy (non-hydrogen) atoms. The lowest BCUT2D eigenvalue weighted by molar-refractivity contribution is -0.114. The highest BCUT2D eigenvalue weighted by Gasteiger charge is 2.21.